The quantitative estimate of drug-likeness (QED) is 0.889. The third-order valence-electron chi connectivity index (χ3n) is 3.42. The van der Waals surface area contributed by atoms with Crippen molar-refractivity contribution in [2.75, 3.05) is 20.2 Å². The highest BCUT2D eigenvalue weighted by Gasteiger charge is 2.30. The predicted molar refractivity (Wildman–Crippen MR) is 68.8 cm³/mol. The van der Waals surface area contributed by atoms with Gasteiger partial charge in [-0.2, -0.15) is 0 Å². The zero-order chi connectivity index (χ0) is 13.0. The van der Waals surface area contributed by atoms with Crippen LogP contribution in [0, 0.1) is 0 Å². The van der Waals surface area contributed by atoms with Crippen LogP contribution < -0.4 is 4.74 Å². The number of hydrogen-bond acceptors (Lipinski definition) is 3. The largest absolute Gasteiger partial charge is 0.496 e. The van der Waals surface area contributed by atoms with Crippen molar-refractivity contribution in [1.29, 1.82) is 0 Å². The lowest BCUT2D eigenvalue weighted by atomic mass is 10.0. The summed E-state index contributed by atoms with van der Waals surface area (Å²) >= 11 is 0. The number of ether oxygens (including phenoxy) is 1. The Morgan fingerprint density at radius 1 is 1.28 bits per heavy atom. The van der Waals surface area contributed by atoms with Gasteiger partial charge >= 0.3 is 5.97 Å². The van der Waals surface area contributed by atoms with E-state index >= 15 is 0 Å². The van der Waals surface area contributed by atoms with Crippen LogP contribution >= 0.6 is 0 Å². The van der Waals surface area contributed by atoms with Gasteiger partial charge in [0.05, 0.1) is 7.11 Å². The van der Waals surface area contributed by atoms with Crippen molar-refractivity contribution < 1.29 is 14.6 Å². The predicted octanol–water partition coefficient (Wildman–Crippen LogP) is 2.31. The Kier molecular flexibility index (Phi) is 4.20. The molecule has 2 rings (SSSR count). The smallest absolute Gasteiger partial charge is 0.325 e. The van der Waals surface area contributed by atoms with Gasteiger partial charge in [0.2, 0.25) is 0 Å². The van der Waals surface area contributed by atoms with Gasteiger partial charge in [-0.05, 0) is 32.0 Å². The molecule has 0 aromatic heterocycles. The van der Waals surface area contributed by atoms with Crippen molar-refractivity contribution in [1.82, 2.24) is 4.90 Å². The maximum absolute atomic E-state index is 11.6. The molecule has 1 aromatic carbocycles. The number of carboxylic acids is 1. The zero-order valence-corrected chi connectivity index (χ0v) is 10.6. The number of benzene rings is 1. The highest BCUT2D eigenvalue weighted by atomic mass is 16.5. The molecule has 0 spiro atoms. The van der Waals surface area contributed by atoms with Crippen molar-refractivity contribution in [2.45, 2.75) is 25.3 Å². The van der Waals surface area contributed by atoms with Crippen molar-refractivity contribution in [3.63, 3.8) is 0 Å². The molecule has 18 heavy (non-hydrogen) atoms. The molecule has 1 aromatic rings. The monoisotopic (exact) mass is 249 g/mol. The van der Waals surface area contributed by atoms with Gasteiger partial charge in [0, 0.05) is 5.56 Å². The Hall–Kier alpha value is -1.55. The summed E-state index contributed by atoms with van der Waals surface area (Å²) in [5.74, 6) is -0.156. The number of hydrogen-bond donors (Lipinski definition) is 1. The fraction of sp³-hybridized carbons (Fsp3) is 0.500. The number of rotatable bonds is 4. The number of aliphatic carboxylic acids is 1. The minimum absolute atomic E-state index is 0.596. The number of methoxy groups -OCH3 is 1. The molecule has 0 saturated carbocycles. The fourth-order valence-electron chi connectivity index (χ4n) is 2.55. The molecule has 4 heteroatoms. The van der Waals surface area contributed by atoms with Crippen LogP contribution in [0.4, 0.5) is 0 Å². The van der Waals surface area contributed by atoms with Gasteiger partial charge < -0.3 is 9.84 Å². The second kappa shape index (κ2) is 5.87. The van der Waals surface area contributed by atoms with Gasteiger partial charge in [0.25, 0.3) is 0 Å². The van der Waals surface area contributed by atoms with E-state index in [1.54, 1.807) is 7.11 Å². The normalized spacial score (nSPS) is 18.3. The highest BCUT2D eigenvalue weighted by molar-refractivity contribution is 5.76. The van der Waals surface area contributed by atoms with Gasteiger partial charge in [-0.1, -0.05) is 24.6 Å². The van der Waals surface area contributed by atoms with E-state index in [1.807, 2.05) is 29.2 Å². The molecule has 0 unspecified atom stereocenters. The number of carbonyl (C=O) groups is 1. The van der Waals surface area contributed by atoms with Crippen LogP contribution in [-0.4, -0.2) is 36.2 Å². The van der Waals surface area contributed by atoms with E-state index in [0.717, 1.165) is 31.5 Å². The number of likely N-dealkylation sites (tertiary alicyclic amines) is 1. The summed E-state index contributed by atoms with van der Waals surface area (Å²) in [4.78, 5) is 13.6. The number of nitrogens with zero attached hydrogens (tertiary/aromatic N) is 1. The highest BCUT2D eigenvalue weighted by Crippen LogP contribution is 2.31. The van der Waals surface area contributed by atoms with Crippen LogP contribution in [0.2, 0.25) is 0 Å². The average Bonchev–Trinajstić information content (AvgIpc) is 2.40. The van der Waals surface area contributed by atoms with Crippen LogP contribution in [0.5, 0.6) is 5.75 Å². The molecule has 0 amide bonds. The van der Waals surface area contributed by atoms with Gasteiger partial charge in [0.15, 0.2) is 0 Å². The summed E-state index contributed by atoms with van der Waals surface area (Å²) < 4.78 is 5.28. The molecule has 1 saturated heterocycles. The molecule has 1 aliphatic rings. The van der Waals surface area contributed by atoms with E-state index in [1.165, 1.54) is 6.42 Å². The lowest BCUT2D eigenvalue weighted by molar-refractivity contribution is -0.144. The molecule has 98 valence electrons. The Morgan fingerprint density at radius 3 is 2.56 bits per heavy atom. The summed E-state index contributed by atoms with van der Waals surface area (Å²) in [6.07, 6.45) is 3.33. The van der Waals surface area contributed by atoms with Gasteiger partial charge in [-0.3, -0.25) is 9.69 Å². The first kappa shape index (κ1) is 12.9. The lowest BCUT2D eigenvalue weighted by Crippen LogP contribution is -2.38. The van der Waals surface area contributed by atoms with E-state index in [0.29, 0.717) is 5.75 Å². The van der Waals surface area contributed by atoms with Gasteiger partial charge in [-0.25, -0.2) is 0 Å². The molecule has 0 bridgehead atoms. The first-order valence-corrected chi connectivity index (χ1v) is 6.34. The maximum atomic E-state index is 11.6. The lowest BCUT2D eigenvalue weighted by Gasteiger charge is -2.32. The summed E-state index contributed by atoms with van der Waals surface area (Å²) in [6.45, 7) is 1.68. The second-order valence-electron chi connectivity index (χ2n) is 4.58. The topological polar surface area (TPSA) is 49.8 Å². The molecular formula is C14H19NO3. The Bertz CT molecular complexity index is 413. The van der Waals surface area contributed by atoms with Crippen molar-refractivity contribution in [3.05, 3.63) is 29.8 Å². The first-order chi connectivity index (χ1) is 8.74. The van der Waals surface area contributed by atoms with E-state index < -0.39 is 12.0 Å². The molecular weight excluding hydrogens is 230 g/mol. The summed E-state index contributed by atoms with van der Waals surface area (Å²) in [7, 11) is 1.58. The van der Waals surface area contributed by atoms with E-state index in [4.69, 9.17) is 4.74 Å². The molecule has 1 aliphatic heterocycles. The fourth-order valence-corrected chi connectivity index (χ4v) is 2.55. The third-order valence-corrected chi connectivity index (χ3v) is 3.42. The van der Waals surface area contributed by atoms with Crippen molar-refractivity contribution >= 4 is 5.97 Å². The summed E-state index contributed by atoms with van der Waals surface area (Å²) in [5, 5.41) is 9.50. The zero-order valence-electron chi connectivity index (χ0n) is 10.6. The van der Waals surface area contributed by atoms with E-state index in [9.17, 15) is 9.90 Å². The number of carboxylic acid groups (broad SMARTS) is 1. The van der Waals surface area contributed by atoms with Crippen LogP contribution in [0.15, 0.2) is 24.3 Å². The Morgan fingerprint density at radius 2 is 1.94 bits per heavy atom. The third kappa shape index (κ3) is 2.64. The molecule has 1 N–H and O–H groups in total. The average molecular weight is 249 g/mol. The summed E-state index contributed by atoms with van der Waals surface area (Å²) in [6, 6.07) is 6.78. The minimum Gasteiger partial charge on any atom is -0.496 e. The van der Waals surface area contributed by atoms with Crippen molar-refractivity contribution in [3.8, 4) is 5.75 Å². The van der Waals surface area contributed by atoms with E-state index in [2.05, 4.69) is 0 Å². The number of piperidine rings is 1. The molecule has 1 heterocycles. The second-order valence-corrected chi connectivity index (χ2v) is 4.58. The van der Waals surface area contributed by atoms with Crippen molar-refractivity contribution in [2.24, 2.45) is 0 Å². The van der Waals surface area contributed by atoms with Gasteiger partial charge in [-0.15, -0.1) is 0 Å². The molecule has 1 atom stereocenters. The summed E-state index contributed by atoms with van der Waals surface area (Å²) in [5.41, 5.74) is 0.745. The van der Waals surface area contributed by atoms with Crippen LogP contribution in [0.1, 0.15) is 30.9 Å². The molecule has 0 radical (unpaired) electrons. The SMILES string of the molecule is COc1ccccc1[C@@H](C(=O)O)N1CCCCC1. The first-order valence-electron chi connectivity index (χ1n) is 6.34. The van der Waals surface area contributed by atoms with E-state index in [-0.39, 0.29) is 0 Å². The molecule has 1 fully saturated rings. The standard InChI is InChI=1S/C14H19NO3/c1-18-12-8-4-3-7-11(12)13(14(16)17)15-9-5-2-6-10-15/h3-4,7-8,13H,2,5-6,9-10H2,1H3,(H,16,17)/t13-/m0/s1. The Balaban J connectivity index is 2.31. The molecule has 4 nitrogen and oxygen atoms in total. The van der Waals surface area contributed by atoms with Gasteiger partial charge in [0.1, 0.15) is 11.8 Å². The Labute approximate surface area is 107 Å². The van der Waals surface area contributed by atoms with Crippen LogP contribution in [0.3, 0.4) is 0 Å². The number of para-hydroxylation sites is 1. The maximum Gasteiger partial charge on any atom is 0.325 e. The van der Waals surface area contributed by atoms with Crippen LogP contribution in [0.25, 0.3) is 0 Å². The minimum atomic E-state index is -0.804. The van der Waals surface area contributed by atoms with Crippen LogP contribution in [-0.2, 0) is 4.79 Å². The molecule has 0 aliphatic carbocycles.